The second kappa shape index (κ2) is 3.81. The Labute approximate surface area is 64.3 Å². The van der Waals surface area contributed by atoms with Crippen molar-refractivity contribution < 1.29 is 17.7 Å². The third-order valence-corrected chi connectivity index (χ3v) is 1.06. The van der Waals surface area contributed by atoms with E-state index in [1.807, 2.05) is 0 Å². The molecule has 0 unspecified atom stereocenters. The van der Waals surface area contributed by atoms with Gasteiger partial charge in [-0.15, -0.1) is 12.1 Å². The van der Waals surface area contributed by atoms with Crippen LogP contribution in [0.4, 0.5) is 12.9 Å². The molecule has 0 bridgehead atoms. The van der Waals surface area contributed by atoms with E-state index in [2.05, 4.69) is 6.58 Å². The monoisotopic (exact) mass is 167 g/mol. The van der Waals surface area contributed by atoms with E-state index in [4.69, 9.17) is 4.74 Å². The van der Waals surface area contributed by atoms with Crippen molar-refractivity contribution in [3.63, 3.8) is 0 Å². The quantitative estimate of drug-likeness (QED) is 0.584. The predicted molar refractivity (Wildman–Crippen MR) is 39.3 cm³/mol. The molecule has 0 aromatic carbocycles. The van der Waals surface area contributed by atoms with Gasteiger partial charge in [0.1, 0.15) is 0 Å². The number of hydrogen-bond donors (Lipinski definition) is 0. The van der Waals surface area contributed by atoms with Crippen LogP contribution < -0.4 is 0 Å². The van der Waals surface area contributed by atoms with Gasteiger partial charge in [-0.05, 0) is 13.8 Å². The van der Waals surface area contributed by atoms with Crippen LogP contribution in [0.2, 0.25) is 0 Å². The van der Waals surface area contributed by atoms with Crippen molar-refractivity contribution in [2.45, 2.75) is 20.0 Å². The molecule has 0 N–H and O–H groups in total. The first-order chi connectivity index (χ1) is 4.84. The molecule has 66 valence electrons. The average Bonchev–Trinajstić information content (AvgIpc) is 1.80. The molecule has 0 aromatic heterocycles. The highest BCUT2D eigenvalue weighted by atomic mass is 19.4. The second-order valence-electron chi connectivity index (χ2n) is 2.59. The summed E-state index contributed by atoms with van der Waals surface area (Å²) < 4.78 is 40.1. The first-order valence-corrected chi connectivity index (χ1v) is 3.33. The van der Waals surface area contributed by atoms with Gasteiger partial charge in [-0.25, -0.2) is 0 Å². The Bertz CT molecular complexity index is 141. The third kappa shape index (κ3) is 4.90. The van der Waals surface area contributed by atoms with E-state index in [0.29, 0.717) is 0 Å². The van der Waals surface area contributed by atoms with Gasteiger partial charge < -0.3 is 17.7 Å². The SMILES string of the molecule is C=C(COC(C)C)[B-](F)(F)F. The molecular weight excluding hydrogens is 156 g/mol. The summed E-state index contributed by atoms with van der Waals surface area (Å²) >= 11 is 0. The van der Waals surface area contributed by atoms with Crippen LogP contribution in [-0.4, -0.2) is 19.7 Å². The Morgan fingerprint density at radius 1 is 1.45 bits per heavy atom. The summed E-state index contributed by atoms with van der Waals surface area (Å²) in [4.78, 5) is 0. The van der Waals surface area contributed by atoms with E-state index in [1.54, 1.807) is 13.8 Å². The van der Waals surface area contributed by atoms with Crippen molar-refractivity contribution in [1.82, 2.24) is 0 Å². The Hall–Kier alpha value is -0.445. The van der Waals surface area contributed by atoms with Gasteiger partial charge in [0, 0.05) is 6.61 Å². The Morgan fingerprint density at radius 3 is 2.18 bits per heavy atom. The molecule has 0 saturated carbocycles. The van der Waals surface area contributed by atoms with E-state index < -0.39 is 19.1 Å². The van der Waals surface area contributed by atoms with E-state index >= 15 is 0 Å². The summed E-state index contributed by atoms with van der Waals surface area (Å²) in [5.41, 5.74) is -0.779. The molecule has 5 heteroatoms. The smallest absolute Gasteiger partial charge is 0.445 e. The number of rotatable bonds is 4. The molecule has 0 aromatic rings. The minimum Gasteiger partial charge on any atom is -0.445 e. The lowest BCUT2D eigenvalue weighted by molar-refractivity contribution is 0.0983. The Balaban J connectivity index is 3.71. The molecule has 11 heavy (non-hydrogen) atoms. The van der Waals surface area contributed by atoms with E-state index in [9.17, 15) is 12.9 Å². The van der Waals surface area contributed by atoms with Gasteiger partial charge in [-0.2, -0.15) is 0 Å². The molecule has 0 rings (SSSR count). The maximum absolute atomic E-state index is 11.8. The van der Waals surface area contributed by atoms with Crippen molar-refractivity contribution in [2.24, 2.45) is 0 Å². The molecule has 0 aliphatic heterocycles. The molecule has 0 amide bonds. The molecular formula is C6H11BF3O-. The van der Waals surface area contributed by atoms with Crippen molar-refractivity contribution in [2.75, 3.05) is 6.61 Å². The first kappa shape index (κ1) is 10.6. The lowest BCUT2D eigenvalue weighted by Crippen LogP contribution is -2.23. The number of ether oxygens (including phenoxy) is 1. The third-order valence-electron chi connectivity index (χ3n) is 1.06. The van der Waals surface area contributed by atoms with Crippen molar-refractivity contribution >= 4 is 6.98 Å². The summed E-state index contributed by atoms with van der Waals surface area (Å²) in [6.07, 6.45) is -0.190. The number of hydrogen-bond acceptors (Lipinski definition) is 1. The minimum absolute atomic E-state index is 0.190. The fourth-order valence-corrected chi connectivity index (χ4v) is 0.368. The summed E-state index contributed by atoms with van der Waals surface area (Å²) in [6, 6.07) is 0. The lowest BCUT2D eigenvalue weighted by atomic mass is 9.81. The van der Waals surface area contributed by atoms with Crippen LogP contribution in [-0.2, 0) is 4.74 Å². The maximum atomic E-state index is 11.8. The predicted octanol–water partition coefficient (Wildman–Crippen LogP) is 2.35. The summed E-state index contributed by atoms with van der Waals surface area (Å²) in [5.74, 6) is 0. The largest absolute Gasteiger partial charge is 0.507 e. The first-order valence-electron chi connectivity index (χ1n) is 3.33. The molecule has 0 heterocycles. The zero-order chi connectivity index (χ0) is 9.07. The highest BCUT2D eigenvalue weighted by molar-refractivity contribution is 6.66. The fourth-order valence-electron chi connectivity index (χ4n) is 0.368. The Kier molecular flexibility index (Phi) is 3.65. The highest BCUT2D eigenvalue weighted by Gasteiger charge is 2.26. The molecule has 0 aliphatic rings. The molecule has 0 spiro atoms. The van der Waals surface area contributed by atoms with Gasteiger partial charge in [0.05, 0.1) is 6.10 Å². The standard InChI is InChI=1S/C6H11BF3O/c1-5(2)11-4-6(3)7(8,9)10/h5H,3-4H2,1-2H3/q-1. The van der Waals surface area contributed by atoms with Crippen LogP contribution in [0.25, 0.3) is 0 Å². The van der Waals surface area contributed by atoms with Crippen LogP contribution in [0.5, 0.6) is 0 Å². The molecule has 1 nitrogen and oxygen atoms in total. The lowest BCUT2D eigenvalue weighted by Gasteiger charge is -2.18. The van der Waals surface area contributed by atoms with E-state index in [0.717, 1.165) is 0 Å². The van der Waals surface area contributed by atoms with Gasteiger partial charge in [-0.1, -0.05) is 0 Å². The summed E-state index contributed by atoms with van der Waals surface area (Å²) in [7, 11) is 0. The zero-order valence-corrected chi connectivity index (χ0v) is 6.61. The summed E-state index contributed by atoms with van der Waals surface area (Å²) in [5, 5.41) is 0. The van der Waals surface area contributed by atoms with Gasteiger partial charge >= 0.3 is 6.98 Å². The second-order valence-corrected chi connectivity index (χ2v) is 2.59. The molecule has 0 radical (unpaired) electrons. The maximum Gasteiger partial charge on any atom is 0.507 e. The van der Waals surface area contributed by atoms with Crippen LogP contribution in [0.3, 0.4) is 0 Å². The normalized spacial score (nSPS) is 12.2. The summed E-state index contributed by atoms with van der Waals surface area (Å²) in [6.45, 7) is 0.895. The fraction of sp³-hybridized carbons (Fsp3) is 0.667. The number of halogens is 3. The van der Waals surface area contributed by atoms with E-state index in [-0.39, 0.29) is 6.10 Å². The van der Waals surface area contributed by atoms with Crippen molar-refractivity contribution in [3.05, 3.63) is 12.1 Å². The van der Waals surface area contributed by atoms with Crippen LogP contribution in [0.15, 0.2) is 12.1 Å². The van der Waals surface area contributed by atoms with Crippen LogP contribution >= 0.6 is 0 Å². The van der Waals surface area contributed by atoms with Crippen molar-refractivity contribution in [1.29, 1.82) is 0 Å². The molecule has 0 fully saturated rings. The topological polar surface area (TPSA) is 9.23 Å². The van der Waals surface area contributed by atoms with Gasteiger partial charge in [-0.3, -0.25) is 0 Å². The minimum atomic E-state index is -4.92. The molecule has 0 saturated heterocycles. The van der Waals surface area contributed by atoms with Gasteiger partial charge in [0.2, 0.25) is 0 Å². The van der Waals surface area contributed by atoms with Crippen LogP contribution in [0.1, 0.15) is 13.8 Å². The highest BCUT2D eigenvalue weighted by Crippen LogP contribution is 2.18. The molecule has 0 aliphatic carbocycles. The van der Waals surface area contributed by atoms with Crippen LogP contribution in [0, 0.1) is 0 Å². The molecule has 0 atom stereocenters. The van der Waals surface area contributed by atoms with E-state index in [1.165, 1.54) is 0 Å². The van der Waals surface area contributed by atoms with Gasteiger partial charge in [0.25, 0.3) is 0 Å². The van der Waals surface area contributed by atoms with Crippen molar-refractivity contribution in [3.8, 4) is 0 Å². The average molecular weight is 167 g/mol. The Morgan fingerprint density at radius 2 is 1.91 bits per heavy atom. The zero-order valence-electron chi connectivity index (χ0n) is 6.61. The van der Waals surface area contributed by atoms with Gasteiger partial charge in [0.15, 0.2) is 0 Å².